The number of nitrogens with zero attached hydrogens (tertiary/aromatic N) is 2. The molecule has 5 nitrogen and oxygen atoms in total. The highest BCUT2D eigenvalue weighted by molar-refractivity contribution is 7.99. The zero-order valence-electron chi connectivity index (χ0n) is 29.2. The molecule has 1 aromatic heterocycles. The van der Waals surface area contributed by atoms with E-state index in [1.807, 2.05) is 68.1 Å². The Morgan fingerprint density at radius 2 is 1.80 bits per heavy atom. The van der Waals surface area contributed by atoms with Gasteiger partial charge in [0, 0.05) is 28.0 Å². The van der Waals surface area contributed by atoms with Crippen LogP contribution in [-0.4, -0.2) is 53.0 Å². The lowest BCUT2D eigenvalue weighted by Crippen LogP contribution is -2.28. The van der Waals surface area contributed by atoms with Crippen LogP contribution in [0.15, 0.2) is 78.9 Å². The van der Waals surface area contributed by atoms with Gasteiger partial charge in [-0.05, 0) is 105 Å². The SMILES string of the molecule is CCN(CC)CCOC(=O)CC1(CSC(CCc2ccccc2C(C)(C)O)c2cccc(C=Cc3ccc4ccc(Cl)cc4n3)c2)CC1.Cl. The number of aliphatic hydroxyl groups is 1. The first-order chi connectivity index (χ1) is 23.1. The monoisotopic (exact) mass is 720 g/mol. The van der Waals surface area contributed by atoms with E-state index in [4.69, 9.17) is 21.3 Å². The van der Waals surface area contributed by atoms with Gasteiger partial charge < -0.3 is 14.7 Å². The van der Waals surface area contributed by atoms with E-state index >= 15 is 0 Å². The third-order valence-electron chi connectivity index (χ3n) is 9.39. The second-order valence-electron chi connectivity index (χ2n) is 13.6. The van der Waals surface area contributed by atoms with Gasteiger partial charge in [0.2, 0.25) is 0 Å². The minimum atomic E-state index is -0.907. The number of likely N-dealkylation sites (N-methyl/N-ethyl adjacent to an activating group) is 1. The van der Waals surface area contributed by atoms with E-state index < -0.39 is 5.60 Å². The normalized spacial score (nSPS) is 14.6. The van der Waals surface area contributed by atoms with Crippen LogP contribution in [0.25, 0.3) is 23.1 Å². The van der Waals surface area contributed by atoms with Crippen LogP contribution in [0.2, 0.25) is 5.02 Å². The average molecular weight is 722 g/mol. The number of halogens is 2. The van der Waals surface area contributed by atoms with Crippen molar-refractivity contribution >= 4 is 64.8 Å². The lowest BCUT2D eigenvalue weighted by atomic mass is 9.90. The smallest absolute Gasteiger partial charge is 0.306 e. The van der Waals surface area contributed by atoms with E-state index in [-0.39, 0.29) is 29.0 Å². The summed E-state index contributed by atoms with van der Waals surface area (Å²) in [5.74, 6) is 0.840. The lowest BCUT2D eigenvalue weighted by molar-refractivity contribution is -0.145. The summed E-state index contributed by atoms with van der Waals surface area (Å²) in [4.78, 5) is 19.9. The number of aryl methyl sites for hydroxylation is 1. The highest BCUT2D eigenvalue weighted by Crippen LogP contribution is 2.53. The van der Waals surface area contributed by atoms with E-state index in [1.54, 1.807) is 0 Å². The number of hydrogen-bond donors (Lipinski definition) is 1. The molecule has 5 rings (SSSR count). The summed E-state index contributed by atoms with van der Waals surface area (Å²) in [6, 6.07) is 26.8. The highest BCUT2D eigenvalue weighted by atomic mass is 35.5. The number of carbonyl (C=O) groups is 1. The summed E-state index contributed by atoms with van der Waals surface area (Å²) in [5, 5.41) is 12.8. The Hall–Kier alpha value is -2.87. The Bertz CT molecular complexity index is 1710. The highest BCUT2D eigenvalue weighted by Gasteiger charge is 2.45. The summed E-state index contributed by atoms with van der Waals surface area (Å²) in [6.45, 7) is 11.1. The minimum absolute atomic E-state index is 0. The van der Waals surface area contributed by atoms with E-state index in [0.717, 1.165) is 78.8 Å². The molecule has 1 atom stereocenters. The number of ether oxygens (including phenoxy) is 1. The van der Waals surface area contributed by atoms with E-state index in [9.17, 15) is 9.90 Å². The predicted molar refractivity (Wildman–Crippen MR) is 210 cm³/mol. The van der Waals surface area contributed by atoms with Crippen LogP contribution in [0.1, 0.15) is 86.6 Å². The molecule has 0 spiro atoms. The minimum Gasteiger partial charge on any atom is -0.464 e. The molecule has 1 aliphatic carbocycles. The van der Waals surface area contributed by atoms with Crippen LogP contribution in [0, 0.1) is 5.41 Å². The van der Waals surface area contributed by atoms with Crippen molar-refractivity contribution in [2.45, 2.75) is 70.7 Å². The summed E-state index contributed by atoms with van der Waals surface area (Å²) in [7, 11) is 0. The Balaban J connectivity index is 0.00000541. The van der Waals surface area contributed by atoms with Gasteiger partial charge in [-0.3, -0.25) is 4.79 Å². The van der Waals surface area contributed by atoms with Crippen molar-refractivity contribution in [3.63, 3.8) is 0 Å². The summed E-state index contributed by atoms with van der Waals surface area (Å²) in [6.07, 6.45) is 8.54. The van der Waals surface area contributed by atoms with Crippen LogP contribution in [0.5, 0.6) is 0 Å². The molecule has 262 valence electrons. The van der Waals surface area contributed by atoms with Crippen molar-refractivity contribution < 1.29 is 14.6 Å². The topological polar surface area (TPSA) is 62.7 Å². The number of pyridine rings is 1. The van der Waals surface area contributed by atoms with Crippen LogP contribution < -0.4 is 0 Å². The fourth-order valence-corrected chi connectivity index (χ4v) is 7.96. The molecule has 0 radical (unpaired) electrons. The quantitative estimate of drug-likeness (QED) is 0.110. The van der Waals surface area contributed by atoms with E-state index in [0.29, 0.717) is 18.1 Å². The van der Waals surface area contributed by atoms with Gasteiger partial charge in [0.25, 0.3) is 0 Å². The van der Waals surface area contributed by atoms with Crippen LogP contribution in [0.4, 0.5) is 0 Å². The molecule has 1 unspecified atom stereocenters. The number of thioether (sulfide) groups is 1. The molecule has 1 fully saturated rings. The van der Waals surface area contributed by atoms with Gasteiger partial charge in [-0.25, -0.2) is 4.98 Å². The van der Waals surface area contributed by atoms with Gasteiger partial charge in [0.15, 0.2) is 0 Å². The number of rotatable bonds is 17. The molecule has 1 N–H and O–H groups in total. The lowest BCUT2D eigenvalue weighted by Gasteiger charge is -2.24. The largest absolute Gasteiger partial charge is 0.464 e. The molecule has 1 saturated carbocycles. The maximum atomic E-state index is 12.8. The van der Waals surface area contributed by atoms with Crippen molar-refractivity contribution in [3.8, 4) is 0 Å². The molecule has 0 bridgehead atoms. The molecule has 3 aromatic carbocycles. The summed E-state index contributed by atoms with van der Waals surface area (Å²) in [5.41, 5.74) is 5.39. The number of carbonyl (C=O) groups excluding carboxylic acids is 1. The van der Waals surface area contributed by atoms with Gasteiger partial charge in [0.1, 0.15) is 6.61 Å². The third kappa shape index (κ3) is 11.3. The molecule has 1 aliphatic rings. The standard InChI is InChI=1S/C41H49ClN2O3S.ClH/c1-5-44(6-2)24-25-47-39(45)28-41(22-23-41)29-48-38(21-17-31-11-7-8-13-36(31)40(3,4)46)33-12-9-10-30(26-33)14-19-35-20-16-32-15-18-34(42)27-37(32)43-35;/h7-16,18-20,26-27,38,46H,5-6,17,21-25,28-29H2,1-4H3;1H. The van der Waals surface area contributed by atoms with Crippen LogP contribution in [0.3, 0.4) is 0 Å². The molecule has 0 aliphatic heterocycles. The van der Waals surface area contributed by atoms with Crippen LogP contribution in [-0.2, 0) is 21.6 Å². The molecule has 49 heavy (non-hydrogen) atoms. The first-order valence-electron chi connectivity index (χ1n) is 17.2. The second kappa shape index (κ2) is 17.9. The molecular weight excluding hydrogens is 671 g/mol. The average Bonchev–Trinajstić information content (AvgIpc) is 3.84. The van der Waals surface area contributed by atoms with Gasteiger partial charge >= 0.3 is 5.97 Å². The van der Waals surface area contributed by atoms with Crippen LogP contribution >= 0.6 is 35.8 Å². The Morgan fingerprint density at radius 3 is 2.53 bits per heavy atom. The van der Waals surface area contributed by atoms with Crippen molar-refractivity contribution in [2.75, 3.05) is 32.0 Å². The predicted octanol–water partition coefficient (Wildman–Crippen LogP) is 10.2. The van der Waals surface area contributed by atoms with Gasteiger partial charge in [-0.1, -0.05) is 92.2 Å². The van der Waals surface area contributed by atoms with Gasteiger partial charge in [-0.2, -0.15) is 11.8 Å². The molecule has 1 heterocycles. The molecule has 0 amide bonds. The molecule has 4 aromatic rings. The summed E-state index contributed by atoms with van der Waals surface area (Å²) < 4.78 is 5.67. The van der Waals surface area contributed by atoms with Crippen molar-refractivity contribution in [1.82, 2.24) is 9.88 Å². The number of aromatic nitrogens is 1. The number of esters is 1. The molecule has 0 saturated heterocycles. The summed E-state index contributed by atoms with van der Waals surface area (Å²) >= 11 is 8.17. The third-order valence-corrected chi connectivity index (χ3v) is 11.3. The zero-order chi connectivity index (χ0) is 34.1. The maximum Gasteiger partial charge on any atom is 0.306 e. The maximum absolute atomic E-state index is 12.8. The van der Waals surface area contributed by atoms with Crippen molar-refractivity contribution in [3.05, 3.63) is 112 Å². The Morgan fingerprint density at radius 1 is 1.04 bits per heavy atom. The van der Waals surface area contributed by atoms with Crippen molar-refractivity contribution in [1.29, 1.82) is 0 Å². The first-order valence-corrected chi connectivity index (χ1v) is 18.6. The number of hydrogen-bond acceptors (Lipinski definition) is 6. The van der Waals surface area contributed by atoms with Gasteiger partial charge in [-0.15, -0.1) is 12.4 Å². The Labute approximate surface area is 307 Å². The van der Waals surface area contributed by atoms with Crippen molar-refractivity contribution in [2.24, 2.45) is 5.41 Å². The Kier molecular flexibility index (Phi) is 14.2. The molecular formula is C41H50Cl2N2O3S. The molecule has 8 heteroatoms. The zero-order valence-corrected chi connectivity index (χ0v) is 31.6. The second-order valence-corrected chi connectivity index (χ2v) is 15.2. The fraction of sp³-hybridized carbons (Fsp3) is 0.415. The number of benzene rings is 3. The number of fused-ring (bicyclic) bond motifs is 1. The van der Waals surface area contributed by atoms with E-state index in [2.05, 4.69) is 67.3 Å². The van der Waals surface area contributed by atoms with Gasteiger partial charge in [0.05, 0.1) is 23.2 Å². The van der Waals surface area contributed by atoms with E-state index in [1.165, 1.54) is 11.1 Å². The first kappa shape index (κ1) is 38.9. The fourth-order valence-electron chi connectivity index (χ4n) is 6.22.